The molecule has 1 aliphatic rings. The van der Waals surface area contributed by atoms with Gasteiger partial charge in [0.1, 0.15) is 12.4 Å². The molecule has 0 atom stereocenters. The largest absolute Gasteiger partial charge is 0.488 e. The molecule has 4 rings (SSSR count). The monoisotopic (exact) mass is 506 g/mol. The second-order valence-electron chi connectivity index (χ2n) is 6.59. The fourth-order valence-electron chi connectivity index (χ4n) is 3.08. The number of rotatable bonds is 5. The maximum Gasteiger partial charge on any atom is 0.270 e. The van der Waals surface area contributed by atoms with Crippen LogP contribution in [0.15, 0.2) is 82.2 Å². The number of anilines is 1. The number of hydrogen-bond donors (Lipinski definition) is 0. The van der Waals surface area contributed by atoms with Gasteiger partial charge in [-0.3, -0.25) is 9.69 Å². The van der Waals surface area contributed by atoms with Crippen LogP contribution in [0.4, 0.5) is 5.69 Å². The highest BCUT2D eigenvalue weighted by molar-refractivity contribution is 9.10. The Morgan fingerprint density at radius 1 is 1.10 bits per heavy atom. The smallest absolute Gasteiger partial charge is 0.270 e. The molecule has 0 unspecified atom stereocenters. The molecule has 7 heteroatoms. The van der Waals surface area contributed by atoms with E-state index < -0.39 is 0 Å². The van der Waals surface area contributed by atoms with Crippen LogP contribution in [0.3, 0.4) is 0 Å². The van der Waals surface area contributed by atoms with Crippen LogP contribution in [0.2, 0.25) is 0 Å². The average Bonchev–Trinajstić information content (AvgIpc) is 3.06. The average molecular weight is 507 g/mol. The van der Waals surface area contributed by atoms with Crippen molar-refractivity contribution in [2.45, 2.75) is 6.61 Å². The lowest BCUT2D eigenvalue weighted by Crippen LogP contribution is -2.27. The molecule has 3 aromatic rings. The summed E-state index contributed by atoms with van der Waals surface area (Å²) in [7, 11) is 0. The van der Waals surface area contributed by atoms with Gasteiger partial charge in [0.05, 0.1) is 22.2 Å². The topological polar surface area (TPSA) is 53.3 Å². The van der Waals surface area contributed by atoms with Crippen molar-refractivity contribution in [2.24, 2.45) is 0 Å². The molecular formula is C24H15BrN2O2S2. The van der Waals surface area contributed by atoms with E-state index in [2.05, 4.69) is 22.0 Å². The molecule has 0 aliphatic carbocycles. The third kappa shape index (κ3) is 4.72. The summed E-state index contributed by atoms with van der Waals surface area (Å²) in [4.78, 5) is 15.1. The maximum atomic E-state index is 13.0. The molecule has 0 aromatic heterocycles. The van der Waals surface area contributed by atoms with Crippen LogP contribution in [0.25, 0.3) is 6.08 Å². The fraction of sp³-hybridized carbons (Fsp3) is 0.0417. The number of thiocarbonyl (C=S) groups is 1. The molecule has 1 saturated heterocycles. The molecular weight excluding hydrogens is 492 g/mol. The van der Waals surface area contributed by atoms with Crippen molar-refractivity contribution in [3.8, 4) is 11.8 Å². The van der Waals surface area contributed by atoms with Gasteiger partial charge in [-0.25, -0.2) is 0 Å². The van der Waals surface area contributed by atoms with E-state index in [1.165, 1.54) is 16.7 Å². The van der Waals surface area contributed by atoms with Gasteiger partial charge in [0, 0.05) is 15.6 Å². The molecule has 1 aliphatic heterocycles. The van der Waals surface area contributed by atoms with Crippen molar-refractivity contribution in [1.29, 1.82) is 5.26 Å². The molecule has 152 valence electrons. The molecule has 31 heavy (non-hydrogen) atoms. The van der Waals surface area contributed by atoms with Gasteiger partial charge in [0.2, 0.25) is 0 Å². The molecule has 1 fully saturated rings. The Balaban J connectivity index is 1.62. The summed E-state index contributed by atoms with van der Waals surface area (Å²) >= 11 is 10.2. The summed E-state index contributed by atoms with van der Waals surface area (Å²) in [5.74, 6) is 0.447. The number of ether oxygens (including phenoxy) is 1. The molecule has 1 heterocycles. The zero-order valence-electron chi connectivity index (χ0n) is 16.1. The molecule has 0 bridgehead atoms. The van der Waals surface area contributed by atoms with Crippen LogP contribution < -0.4 is 9.64 Å². The van der Waals surface area contributed by atoms with E-state index in [9.17, 15) is 10.1 Å². The van der Waals surface area contributed by atoms with E-state index in [-0.39, 0.29) is 12.5 Å². The number of thioether (sulfide) groups is 1. The number of para-hydroxylation sites is 1. The number of carbonyl (C=O) groups excluding carboxylic acids is 1. The second-order valence-corrected chi connectivity index (χ2v) is 9.18. The lowest BCUT2D eigenvalue weighted by molar-refractivity contribution is -0.113. The van der Waals surface area contributed by atoms with Gasteiger partial charge >= 0.3 is 0 Å². The molecule has 3 aromatic carbocycles. The lowest BCUT2D eigenvalue weighted by atomic mass is 10.1. The van der Waals surface area contributed by atoms with E-state index in [4.69, 9.17) is 17.0 Å². The van der Waals surface area contributed by atoms with E-state index >= 15 is 0 Å². The number of halogens is 1. The third-order valence-electron chi connectivity index (χ3n) is 4.59. The zero-order valence-corrected chi connectivity index (χ0v) is 19.3. The van der Waals surface area contributed by atoms with E-state index in [0.29, 0.717) is 20.5 Å². The van der Waals surface area contributed by atoms with Crippen LogP contribution in [0.5, 0.6) is 5.75 Å². The quantitative estimate of drug-likeness (QED) is 0.300. The van der Waals surface area contributed by atoms with Crippen molar-refractivity contribution in [3.05, 3.63) is 98.9 Å². The highest BCUT2D eigenvalue weighted by Crippen LogP contribution is 2.37. The van der Waals surface area contributed by atoms with Crippen molar-refractivity contribution in [3.63, 3.8) is 0 Å². The Morgan fingerprint density at radius 3 is 2.61 bits per heavy atom. The van der Waals surface area contributed by atoms with E-state index in [1.54, 1.807) is 12.1 Å². The van der Waals surface area contributed by atoms with Gasteiger partial charge in [-0.05, 0) is 42.5 Å². The Labute approximate surface area is 198 Å². The molecule has 0 spiro atoms. The SMILES string of the molecule is N#Cc1ccccc1COc1ccc(Br)cc1/C=C1/SC(=S)N(c2ccccc2)C1=O. The van der Waals surface area contributed by atoms with Gasteiger partial charge in [-0.1, -0.05) is 76.3 Å². The highest BCUT2D eigenvalue weighted by Gasteiger charge is 2.33. The minimum atomic E-state index is -0.165. The van der Waals surface area contributed by atoms with Crippen molar-refractivity contribution >= 4 is 61.9 Å². The molecule has 4 nitrogen and oxygen atoms in total. The van der Waals surface area contributed by atoms with Gasteiger partial charge in [0.15, 0.2) is 4.32 Å². The molecule has 0 saturated carbocycles. The Bertz CT molecular complexity index is 1240. The highest BCUT2D eigenvalue weighted by atomic mass is 79.9. The predicted octanol–water partition coefficient (Wildman–Crippen LogP) is 6.31. The zero-order chi connectivity index (χ0) is 21.8. The minimum Gasteiger partial charge on any atom is -0.488 e. The minimum absolute atomic E-state index is 0.165. The third-order valence-corrected chi connectivity index (χ3v) is 6.38. The molecule has 0 radical (unpaired) electrons. The summed E-state index contributed by atoms with van der Waals surface area (Å²) in [5, 5.41) is 9.29. The van der Waals surface area contributed by atoms with Crippen molar-refractivity contribution < 1.29 is 9.53 Å². The van der Waals surface area contributed by atoms with Crippen LogP contribution in [0, 0.1) is 11.3 Å². The molecule has 1 amide bonds. The summed E-state index contributed by atoms with van der Waals surface area (Å²) in [6.07, 6.45) is 1.79. The normalized spacial score (nSPS) is 14.7. The maximum absolute atomic E-state index is 13.0. The molecule has 0 N–H and O–H groups in total. The summed E-state index contributed by atoms with van der Waals surface area (Å²) in [5.41, 5.74) is 2.86. The van der Waals surface area contributed by atoms with Gasteiger partial charge < -0.3 is 4.74 Å². The lowest BCUT2D eigenvalue weighted by Gasteiger charge is -2.14. The summed E-state index contributed by atoms with van der Waals surface area (Å²) < 4.78 is 7.37. The Morgan fingerprint density at radius 2 is 1.84 bits per heavy atom. The van der Waals surface area contributed by atoms with Gasteiger partial charge in [0.25, 0.3) is 5.91 Å². The Hall–Kier alpha value is -2.92. The standard InChI is InChI=1S/C24H15BrN2O2S2/c25-19-10-11-21(29-15-17-7-5-4-6-16(17)14-26)18(12-19)13-22-23(28)27(24(30)31-22)20-8-2-1-3-9-20/h1-13H,15H2/b22-13+. The van der Waals surface area contributed by atoms with E-state index in [1.807, 2.05) is 66.7 Å². The number of amides is 1. The van der Waals surface area contributed by atoms with Crippen LogP contribution >= 0.6 is 39.9 Å². The summed E-state index contributed by atoms with van der Waals surface area (Å²) in [6, 6.07) is 24.4. The Kier molecular flexibility index (Phi) is 6.52. The first kappa shape index (κ1) is 21.3. The summed E-state index contributed by atoms with van der Waals surface area (Å²) in [6.45, 7) is 0.247. The van der Waals surface area contributed by atoms with Crippen LogP contribution in [-0.2, 0) is 11.4 Å². The van der Waals surface area contributed by atoms with Crippen LogP contribution in [-0.4, -0.2) is 10.2 Å². The second kappa shape index (κ2) is 9.48. The number of nitrogens with zero attached hydrogens (tertiary/aromatic N) is 2. The first-order valence-electron chi connectivity index (χ1n) is 9.30. The first-order chi connectivity index (χ1) is 15.1. The number of benzene rings is 3. The van der Waals surface area contributed by atoms with Crippen molar-refractivity contribution in [2.75, 3.05) is 4.90 Å². The van der Waals surface area contributed by atoms with Crippen molar-refractivity contribution in [1.82, 2.24) is 0 Å². The van der Waals surface area contributed by atoms with Crippen LogP contribution in [0.1, 0.15) is 16.7 Å². The first-order valence-corrected chi connectivity index (χ1v) is 11.3. The fourth-order valence-corrected chi connectivity index (χ4v) is 4.75. The predicted molar refractivity (Wildman–Crippen MR) is 132 cm³/mol. The van der Waals surface area contributed by atoms with Gasteiger partial charge in [-0.2, -0.15) is 5.26 Å². The van der Waals surface area contributed by atoms with E-state index in [0.717, 1.165) is 21.3 Å². The number of hydrogen-bond acceptors (Lipinski definition) is 5. The van der Waals surface area contributed by atoms with Gasteiger partial charge in [-0.15, -0.1) is 0 Å². The number of carbonyl (C=O) groups is 1. The number of nitriles is 1.